The fourth-order valence-corrected chi connectivity index (χ4v) is 2.11. The molecule has 2 rings (SSSR count). The van der Waals surface area contributed by atoms with Gasteiger partial charge in [-0.1, -0.05) is 35.9 Å². The van der Waals surface area contributed by atoms with Crippen LogP contribution in [0.1, 0.15) is 21.5 Å². The van der Waals surface area contributed by atoms with Gasteiger partial charge in [0.1, 0.15) is 0 Å². The van der Waals surface area contributed by atoms with Gasteiger partial charge in [-0.15, -0.1) is 0 Å². The van der Waals surface area contributed by atoms with Gasteiger partial charge in [0.05, 0.1) is 11.5 Å². The van der Waals surface area contributed by atoms with Crippen molar-refractivity contribution < 1.29 is 14.5 Å². The largest absolute Gasteiger partial charge is 0.350 e. The summed E-state index contributed by atoms with van der Waals surface area (Å²) >= 11 is 0. The minimum atomic E-state index is -0.578. The standard InChI is InChI=1S/C17H17N3O4/c1-12-4-2-5-13(8-12)10-18-16(21)11-19-17(22)14-6-3-7-15(9-14)20(23)24/h2-9H,10-11H2,1H3,(H,18,21)(H,19,22). The van der Waals surface area contributed by atoms with E-state index in [0.29, 0.717) is 6.54 Å². The van der Waals surface area contributed by atoms with E-state index in [-0.39, 0.29) is 23.7 Å². The molecule has 0 heterocycles. The average molecular weight is 327 g/mol. The SMILES string of the molecule is Cc1cccc(CNC(=O)CNC(=O)c2cccc([N+](=O)[O-])c2)c1. The number of aryl methyl sites for hydroxylation is 1. The third-order valence-electron chi connectivity index (χ3n) is 3.30. The highest BCUT2D eigenvalue weighted by Gasteiger charge is 2.12. The molecule has 2 aromatic carbocycles. The highest BCUT2D eigenvalue weighted by atomic mass is 16.6. The lowest BCUT2D eigenvalue weighted by Crippen LogP contribution is -2.36. The molecule has 0 radical (unpaired) electrons. The maximum absolute atomic E-state index is 11.9. The zero-order valence-electron chi connectivity index (χ0n) is 13.1. The Bertz CT molecular complexity index is 774. The summed E-state index contributed by atoms with van der Waals surface area (Å²) in [4.78, 5) is 33.8. The van der Waals surface area contributed by atoms with Crippen LogP contribution in [-0.4, -0.2) is 23.3 Å². The number of nitro groups is 1. The summed E-state index contributed by atoms with van der Waals surface area (Å²) in [5.41, 5.74) is 2.02. The minimum Gasteiger partial charge on any atom is -0.350 e. The fourth-order valence-electron chi connectivity index (χ4n) is 2.11. The van der Waals surface area contributed by atoms with E-state index in [1.807, 2.05) is 31.2 Å². The van der Waals surface area contributed by atoms with Gasteiger partial charge < -0.3 is 10.6 Å². The van der Waals surface area contributed by atoms with E-state index in [4.69, 9.17) is 0 Å². The number of hydrogen-bond acceptors (Lipinski definition) is 4. The molecule has 0 saturated carbocycles. The topological polar surface area (TPSA) is 101 Å². The minimum absolute atomic E-state index is 0.135. The third kappa shape index (κ3) is 4.91. The molecule has 0 aromatic heterocycles. The smallest absolute Gasteiger partial charge is 0.270 e. The van der Waals surface area contributed by atoms with Crippen LogP contribution in [0.15, 0.2) is 48.5 Å². The molecule has 0 aliphatic heterocycles. The van der Waals surface area contributed by atoms with Crippen molar-refractivity contribution in [2.24, 2.45) is 0 Å². The molecular weight excluding hydrogens is 310 g/mol. The average Bonchev–Trinajstić information content (AvgIpc) is 2.58. The maximum atomic E-state index is 11.9. The Morgan fingerprint density at radius 2 is 1.83 bits per heavy atom. The number of amides is 2. The first kappa shape index (κ1) is 17.1. The number of carbonyl (C=O) groups is 2. The maximum Gasteiger partial charge on any atom is 0.270 e. The third-order valence-corrected chi connectivity index (χ3v) is 3.30. The van der Waals surface area contributed by atoms with E-state index in [9.17, 15) is 19.7 Å². The van der Waals surface area contributed by atoms with E-state index in [1.54, 1.807) is 0 Å². The van der Waals surface area contributed by atoms with E-state index in [2.05, 4.69) is 10.6 Å². The lowest BCUT2D eigenvalue weighted by atomic mass is 10.1. The van der Waals surface area contributed by atoms with Crippen LogP contribution in [0, 0.1) is 17.0 Å². The van der Waals surface area contributed by atoms with Crippen LogP contribution in [0.3, 0.4) is 0 Å². The van der Waals surface area contributed by atoms with E-state index < -0.39 is 10.8 Å². The van der Waals surface area contributed by atoms with Crippen molar-refractivity contribution in [3.8, 4) is 0 Å². The Kier molecular flexibility index (Phi) is 5.62. The molecule has 2 N–H and O–H groups in total. The van der Waals surface area contributed by atoms with E-state index in [1.165, 1.54) is 24.3 Å². The molecule has 0 fully saturated rings. The summed E-state index contributed by atoms with van der Waals surface area (Å²) in [6.07, 6.45) is 0. The van der Waals surface area contributed by atoms with Crippen molar-refractivity contribution in [2.45, 2.75) is 13.5 Å². The van der Waals surface area contributed by atoms with E-state index >= 15 is 0 Å². The summed E-state index contributed by atoms with van der Waals surface area (Å²) in [5.74, 6) is -0.875. The van der Waals surface area contributed by atoms with Crippen LogP contribution >= 0.6 is 0 Å². The first-order valence-corrected chi connectivity index (χ1v) is 7.30. The summed E-state index contributed by atoms with van der Waals surface area (Å²) in [7, 11) is 0. The molecule has 0 atom stereocenters. The number of nitrogens with one attached hydrogen (secondary N) is 2. The van der Waals surface area contributed by atoms with Crippen molar-refractivity contribution >= 4 is 17.5 Å². The second-order valence-electron chi connectivity index (χ2n) is 5.26. The van der Waals surface area contributed by atoms with Gasteiger partial charge in [-0.25, -0.2) is 0 Å². The number of rotatable bonds is 6. The van der Waals surface area contributed by atoms with E-state index in [0.717, 1.165) is 11.1 Å². The highest BCUT2D eigenvalue weighted by Crippen LogP contribution is 2.12. The first-order chi connectivity index (χ1) is 11.5. The van der Waals surface area contributed by atoms with Crippen LogP contribution < -0.4 is 10.6 Å². The summed E-state index contributed by atoms with van der Waals surface area (Å²) < 4.78 is 0. The Labute approximate surface area is 138 Å². The Morgan fingerprint density at radius 1 is 1.08 bits per heavy atom. The van der Waals surface area contributed by atoms with Gasteiger partial charge >= 0.3 is 0 Å². The monoisotopic (exact) mass is 327 g/mol. The first-order valence-electron chi connectivity index (χ1n) is 7.30. The molecule has 0 saturated heterocycles. The Morgan fingerprint density at radius 3 is 2.54 bits per heavy atom. The molecule has 0 aliphatic rings. The highest BCUT2D eigenvalue weighted by molar-refractivity contribution is 5.96. The van der Waals surface area contributed by atoms with Crippen molar-refractivity contribution in [1.29, 1.82) is 0 Å². The molecule has 7 heteroatoms. The van der Waals surface area contributed by atoms with Crippen molar-refractivity contribution in [1.82, 2.24) is 10.6 Å². The Balaban J connectivity index is 1.84. The summed E-state index contributed by atoms with van der Waals surface area (Å²) in [6, 6.07) is 13.1. The van der Waals surface area contributed by atoms with Gasteiger partial charge in [-0.3, -0.25) is 19.7 Å². The molecular formula is C17H17N3O4. The van der Waals surface area contributed by atoms with Gasteiger partial charge in [0, 0.05) is 24.2 Å². The molecule has 0 unspecified atom stereocenters. The number of benzene rings is 2. The fraction of sp³-hybridized carbons (Fsp3) is 0.176. The van der Waals surface area contributed by atoms with Crippen molar-refractivity contribution in [3.05, 3.63) is 75.3 Å². The van der Waals surface area contributed by atoms with Gasteiger partial charge in [0.25, 0.3) is 11.6 Å². The predicted molar refractivity (Wildman–Crippen MR) is 88.5 cm³/mol. The van der Waals surface area contributed by atoms with Gasteiger partial charge in [0.15, 0.2) is 0 Å². The number of carbonyl (C=O) groups excluding carboxylic acids is 2. The lowest BCUT2D eigenvalue weighted by molar-refractivity contribution is -0.384. The number of hydrogen-bond donors (Lipinski definition) is 2. The summed E-state index contributed by atoms with van der Waals surface area (Å²) in [6.45, 7) is 2.13. The quantitative estimate of drug-likeness (QED) is 0.625. The molecule has 124 valence electrons. The molecule has 0 bridgehead atoms. The number of non-ortho nitro benzene ring substituents is 1. The zero-order valence-corrected chi connectivity index (χ0v) is 13.1. The predicted octanol–water partition coefficient (Wildman–Crippen LogP) is 1.95. The molecule has 7 nitrogen and oxygen atoms in total. The molecule has 2 aromatic rings. The van der Waals surface area contributed by atoms with Gasteiger partial charge in [-0.2, -0.15) is 0 Å². The van der Waals surface area contributed by atoms with Crippen LogP contribution in [-0.2, 0) is 11.3 Å². The van der Waals surface area contributed by atoms with Gasteiger partial charge in [0.2, 0.25) is 5.91 Å². The molecule has 0 spiro atoms. The van der Waals surface area contributed by atoms with Crippen LogP contribution in [0.2, 0.25) is 0 Å². The lowest BCUT2D eigenvalue weighted by Gasteiger charge is -2.07. The second-order valence-corrected chi connectivity index (χ2v) is 5.26. The van der Waals surface area contributed by atoms with Crippen molar-refractivity contribution in [2.75, 3.05) is 6.54 Å². The number of nitro benzene ring substituents is 1. The zero-order chi connectivity index (χ0) is 17.5. The second kappa shape index (κ2) is 7.87. The van der Waals surface area contributed by atoms with Gasteiger partial charge in [-0.05, 0) is 18.6 Å². The Hall–Kier alpha value is -3.22. The molecule has 2 amide bonds. The van der Waals surface area contributed by atoms with Crippen LogP contribution in [0.25, 0.3) is 0 Å². The van der Waals surface area contributed by atoms with Crippen LogP contribution in [0.4, 0.5) is 5.69 Å². The molecule has 0 aliphatic carbocycles. The summed E-state index contributed by atoms with van der Waals surface area (Å²) in [5, 5.41) is 15.8. The van der Waals surface area contributed by atoms with Crippen LogP contribution in [0.5, 0.6) is 0 Å². The molecule has 24 heavy (non-hydrogen) atoms. The number of nitrogens with zero attached hydrogens (tertiary/aromatic N) is 1. The van der Waals surface area contributed by atoms with Crippen molar-refractivity contribution in [3.63, 3.8) is 0 Å². The normalized spacial score (nSPS) is 10.0.